The van der Waals surface area contributed by atoms with Crippen molar-refractivity contribution in [2.75, 3.05) is 7.11 Å². The number of nitrogens with two attached hydrogens (primary N) is 1. The molecular weight excluding hydrogens is 206 g/mol. The van der Waals surface area contributed by atoms with Gasteiger partial charge in [-0.25, -0.2) is 0 Å². The summed E-state index contributed by atoms with van der Waals surface area (Å²) < 4.78 is 10.6. The van der Waals surface area contributed by atoms with Crippen LogP contribution in [0.5, 0.6) is 0 Å². The standard InChI is InChI=1S/C12H17NO3/c1-3-12(15-2,11(13)14)16-9-10-7-5-4-6-8-10/h4-8H,3,9H2,1-2H3,(H2,13,14). The predicted octanol–water partition coefficient (Wildman–Crippen LogP) is 1.44. The van der Waals surface area contributed by atoms with E-state index in [1.807, 2.05) is 30.3 Å². The number of methoxy groups -OCH3 is 1. The zero-order valence-electron chi connectivity index (χ0n) is 9.60. The second-order valence-electron chi connectivity index (χ2n) is 3.45. The Morgan fingerprint density at radius 1 is 1.38 bits per heavy atom. The minimum Gasteiger partial charge on any atom is -0.365 e. The number of benzene rings is 1. The summed E-state index contributed by atoms with van der Waals surface area (Å²) in [7, 11) is 1.42. The van der Waals surface area contributed by atoms with Gasteiger partial charge >= 0.3 is 0 Å². The molecule has 0 aliphatic heterocycles. The van der Waals surface area contributed by atoms with Gasteiger partial charge in [0.1, 0.15) is 0 Å². The molecule has 0 heterocycles. The number of hydrogen-bond acceptors (Lipinski definition) is 3. The zero-order valence-corrected chi connectivity index (χ0v) is 9.60. The lowest BCUT2D eigenvalue weighted by molar-refractivity contribution is -0.223. The number of rotatable bonds is 6. The molecular formula is C12H17NO3. The summed E-state index contributed by atoms with van der Waals surface area (Å²) in [6.07, 6.45) is 0.381. The van der Waals surface area contributed by atoms with Gasteiger partial charge in [-0.2, -0.15) is 0 Å². The number of hydrogen-bond donors (Lipinski definition) is 1. The fourth-order valence-electron chi connectivity index (χ4n) is 1.43. The maximum Gasteiger partial charge on any atom is 0.277 e. The molecule has 1 aromatic rings. The highest BCUT2D eigenvalue weighted by atomic mass is 16.7. The lowest BCUT2D eigenvalue weighted by atomic mass is 10.2. The van der Waals surface area contributed by atoms with Crippen LogP contribution in [0, 0.1) is 0 Å². The molecule has 4 heteroatoms. The second-order valence-corrected chi connectivity index (χ2v) is 3.45. The van der Waals surface area contributed by atoms with Gasteiger partial charge in [0, 0.05) is 13.5 Å². The van der Waals surface area contributed by atoms with Gasteiger partial charge in [-0.15, -0.1) is 0 Å². The van der Waals surface area contributed by atoms with Crippen molar-refractivity contribution in [1.29, 1.82) is 0 Å². The van der Waals surface area contributed by atoms with Crippen LogP contribution in [0.4, 0.5) is 0 Å². The van der Waals surface area contributed by atoms with Gasteiger partial charge in [0.2, 0.25) is 5.79 Å². The van der Waals surface area contributed by atoms with Gasteiger partial charge in [0.15, 0.2) is 0 Å². The average molecular weight is 223 g/mol. The number of carbonyl (C=O) groups excluding carboxylic acids is 1. The van der Waals surface area contributed by atoms with Crippen molar-refractivity contribution in [1.82, 2.24) is 0 Å². The molecule has 1 atom stereocenters. The van der Waals surface area contributed by atoms with E-state index in [0.29, 0.717) is 13.0 Å². The summed E-state index contributed by atoms with van der Waals surface area (Å²) >= 11 is 0. The zero-order chi connectivity index (χ0) is 12.0. The Morgan fingerprint density at radius 3 is 2.44 bits per heavy atom. The smallest absolute Gasteiger partial charge is 0.277 e. The molecule has 1 aromatic carbocycles. The molecule has 0 aromatic heterocycles. The first-order chi connectivity index (χ1) is 7.64. The van der Waals surface area contributed by atoms with E-state index in [4.69, 9.17) is 15.2 Å². The Bertz CT molecular complexity index is 333. The fraction of sp³-hybridized carbons (Fsp3) is 0.417. The third-order valence-electron chi connectivity index (χ3n) is 2.49. The van der Waals surface area contributed by atoms with Crippen molar-refractivity contribution >= 4 is 5.91 Å². The maximum absolute atomic E-state index is 11.3. The molecule has 0 fully saturated rings. The monoisotopic (exact) mass is 223 g/mol. The van der Waals surface area contributed by atoms with Crippen LogP contribution in [0.2, 0.25) is 0 Å². The molecule has 1 amide bonds. The quantitative estimate of drug-likeness (QED) is 0.742. The molecule has 4 nitrogen and oxygen atoms in total. The predicted molar refractivity (Wildman–Crippen MR) is 60.5 cm³/mol. The highest BCUT2D eigenvalue weighted by Crippen LogP contribution is 2.18. The Kier molecular flexibility index (Phi) is 4.46. The molecule has 0 spiro atoms. The number of amides is 1. The van der Waals surface area contributed by atoms with Crippen LogP contribution in [-0.4, -0.2) is 18.8 Å². The number of primary amides is 1. The topological polar surface area (TPSA) is 61.6 Å². The average Bonchev–Trinajstić information content (AvgIpc) is 2.32. The Morgan fingerprint density at radius 2 is 2.00 bits per heavy atom. The van der Waals surface area contributed by atoms with Crippen molar-refractivity contribution in [3.8, 4) is 0 Å². The lowest BCUT2D eigenvalue weighted by Gasteiger charge is -2.27. The van der Waals surface area contributed by atoms with Gasteiger partial charge in [-0.05, 0) is 5.56 Å². The van der Waals surface area contributed by atoms with Crippen molar-refractivity contribution < 1.29 is 14.3 Å². The van der Waals surface area contributed by atoms with Crippen LogP contribution in [0.25, 0.3) is 0 Å². The van der Waals surface area contributed by atoms with Gasteiger partial charge in [0.25, 0.3) is 5.91 Å². The number of carbonyl (C=O) groups is 1. The van der Waals surface area contributed by atoms with E-state index < -0.39 is 11.7 Å². The van der Waals surface area contributed by atoms with Crippen LogP contribution < -0.4 is 5.73 Å². The van der Waals surface area contributed by atoms with Gasteiger partial charge in [0.05, 0.1) is 6.61 Å². The van der Waals surface area contributed by atoms with E-state index in [1.54, 1.807) is 6.92 Å². The maximum atomic E-state index is 11.3. The van der Waals surface area contributed by atoms with Gasteiger partial charge in [-0.3, -0.25) is 4.79 Å². The minimum atomic E-state index is -1.32. The van der Waals surface area contributed by atoms with Crippen LogP contribution >= 0.6 is 0 Å². The Hall–Kier alpha value is -1.39. The third-order valence-corrected chi connectivity index (χ3v) is 2.49. The van der Waals surface area contributed by atoms with Crippen LogP contribution in [-0.2, 0) is 20.9 Å². The molecule has 0 saturated heterocycles. The van der Waals surface area contributed by atoms with Crippen molar-refractivity contribution in [3.05, 3.63) is 35.9 Å². The van der Waals surface area contributed by atoms with Crippen LogP contribution in [0.1, 0.15) is 18.9 Å². The molecule has 0 radical (unpaired) electrons. The van der Waals surface area contributed by atoms with E-state index in [9.17, 15) is 4.79 Å². The molecule has 1 unspecified atom stereocenters. The molecule has 2 N–H and O–H groups in total. The van der Waals surface area contributed by atoms with Crippen molar-refractivity contribution in [3.63, 3.8) is 0 Å². The summed E-state index contributed by atoms with van der Waals surface area (Å²) in [6, 6.07) is 9.56. The molecule has 1 rings (SSSR count). The molecule has 0 saturated carbocycles. The summed E-state index contributed by atoms with van der Waals surface area (Å²) in [6.45, 7) is 2.09. The van der Waals surface area contributed by atoms with E-state index in [0.717, 1.165) is 5.56 Å². The van der Waals surface area contributed by atoms with E-state index >= 15 is 0 Å². The highest BCUT2D eigenvalue weighted by molar-refractivity contribution is 5.81. The summed E-state index contributed by atoms with van der Waals surface area (Å²) in [5.41, 5.74) is 6.24. The fourth-order valence-corrected chi connectivity index (χ4v) is 1.43. The third kappa shape index (κ3) is 2.81. The van der Waals surface area contributed by atoms with Gasteiger partial charge < -0.3 is 15.2 Å². The molecule has 88 valence electrons. The second kappa shape index (κ2) is 5.63. The summed E-state index contributed by atoms with van der Waals surface area (Å²) in [4.78, 5) is 11.3. The minimum absolute atomic E-state index is 0.297. The van der Waals surface area contributed by atoms with Crippen LogP contribution in [0.3, 0.4) is 0 Å². The summed E-state index contributed by atoms with van der Waals surface area (Å²) in [5.74, 6) is -1.93. The molecule has 16 heavy (non-hydrogen) atoms. The number of ether oxygens (including phenoxy) is 2. The summed E-state index contributed by atoms with van der Waals surface area (Å²) in [5, 5.41) is 0. The van der Waals surface area contributed by atoms with E-state index in [-0.39, 0.29) is 0 Å². The Balaban J connectivity index is 2.67. The molecule has 0 bridgehead atoms. The largest absolute Gasteiger partial charge is 0.365 e. The SMILES string of the molecule is CCC(OC)(OCc1ccccc1)C(N)=O. The first-order valence-corrected chi connectivity index (χ1v) is 5.17. The van der Waals surface area contributed by atoms with Gasteiger partial charge in [-0.1, -0.05) is 37.3 Å². The van der Waals surface area contributed by atoms with Crippen LogP contribution in [0.15, 0.2) is 30.3 Å². The first-order valence-electron chi connectivity index (χ1n) is 5.17. The lowest BCUT2D eigenvalue weighted by Crippen LogP contribution is -2.47. The first kappa shape index (κ1) is 12.7. The highest BCUT2D eigenvalue weighted by Gasteiger charge is 2.35. The molecule has 0 aliphatic rings. The van der Waals surface area contributed by atoms with Crippen molar-refractivity contribution in [2.24, 2.45) is 5.73 Å². The normalized spacial score (nSPS) is 14.4. The van der Waals surface area contributed by atoms with E-state index in [2.05, 4.69) is 0 Å². The van der Waals surface area contributed by atoms with Crippen molar-refractivity contribution in [2.45, 2.75) is 25.7 Å². The Labute approximate surface area is 95.3 Å². The molecule has 0 aliphatic carbocycles. The van der Waals surface area contributed by atoms with E-state index in [1.165, 1.54) is 7.11 Å².